The number of benzene rings is 1. The van der Waals surface area contributed by atoms with Crippen molar-refractivity contribution in [2.45, 2.75) is 13.1 Å². The maximum absolute atomic E-state index is 5.56. The maximum atomic E-state index is 5.56. The Kier molecular flexibility index (Phi) is 3.37. The lowest BCUT2D eigenvalue weighted by molar-refractivity contribution is 0.171. The standard InChI is InChI=1S/C14H17N3O2/c1-17-5-4-12(16-17)10-15-9-11-2-3-13-14(8-11)19-7-6-18-13/h2-5,8,15H,6-7,9-10H2,1H3. The molecule has 1 aromatic carbocycles. The predicted molar refractivity (Wildman–Crippen MR) is 71.2 cm³/mol. The van der Waals surface area contributed by atoms with E-state index in [1.807, 2.05) is 31.4 Å². The first kappa shape index (κ1) is 12.0. The minimum absolute atomic E-state index is 0.623. The lowest BCUT2D eigenvalue weighted by Gasteiger charge is -2.18. The highest BCUT2D eigenvalue weighted by Gasteiger charge is 2.11. The van der Waals surface area contributed by atoms with E-state index in [2.05, 4.69) is 16.5 Å². The molecule has 0 saturated heterocycles. The molecule has 0 atom stereocenters. The van der Waals surface area contributed by atoms with E-state index in [1.165, 1.54) is 5.56 Å². The molecule has 0 radical (unpaired) electrons. The second kappa shape index (κ2) is 5.32. The number of hydrogen-bond acceptors (Lipinski definition) is 4. The van der Waals surface area contributed by atoms with Gasteiger partial charge < -0.3 is 14.8 Å². The van der Waals surface area contributed by atoms with Gasteiger partial charge in [-0.2, -0.15) is 5.10 Å². The van der Waals surface area contributed by atoms with Crippen molar-refractivity contribution >= 4 is 0 Å². The van der Waals surface area contributed by atoms with Gasteiger partial charge in [0.05, 0.1) is 5.69 Å². The number of rotatable bonds is 4. The van der Waals surface area contributed by atoms with Crippen LogP contribution >= 0.6 is 0 Å². The molecular formula is C14H17N3O2. The van der Waals surface area contributed by atoms with Crippen molar-refractivity contribution in [2.75, 3.05) is 13.2 Å². The monoisotopic (exact) mass is 259 g/mol. The SMILES string of the molecule is Cn1ccc(CNCc2ccc3c(c2)OCCO3)n1. The van der Waals surface area contributed by atoms with Gasteiger partial charge in [-0.05, 0) is 23.8 Å². The largest absolute Gasteiger partial charge is 0.486 e. The summed E-state index contributed by atoms with van der Waals surface area (Å²) in [5.74, 6) is 1.67. The van der Waals surface area contributed by atoms with Crippen LogP contribution in [0.2, 0.25) is 0 Å². The van der Waals surface area contributed by atoms with E-state index in [0.29, 0.717) is 13.2 Å². The Bertz CT molecular complexity index is 566. The summed E-state index contributed by atoms with van der Waals surface area (Å²) in [6, 6.07) is 8.06. The molecule has 1 N–H and O–H groups in total. The molecule has 0 fully saturated rings. The molecule has 3 rings (SSSR count). The highest BCUT2D eigenvalue weighted by molar-refractivity contribution is 5.43. The third kappa shape index (κ3) is 2.88. The normalized spacial score (nSPS) is 13.5. The molecule has 0 aliphatic carbocycles. The molecule has 19 heavy (non-hydrogen) atoms. The highest BCUT2D eigenvalue weighted by Crippen LogP contribution is 2.30. The summed E-state index contributed by atoms with van der Waals surface area (Å²) in [7, 11) is 1.92. The number of fused-ring (bicyclic) bond motifs is 1. The van der Waals surface area contributed by atoms with Gasteiger partial charge in [-0.3, -0.25) is 4.68 Å². The second-order valence-electron chi connectivity index (χ2n) is 4.56. The number of nitrogens with zero attached hydrogens (tertiary/aromatic N) is 2. The van der Waals surface area contributed by atoms with Crippen molar-refractivity contribution in [3.63, 3.8) is 0 Å². The lowest BCUT2D eigenvalue weighted by Crippen LogP contribution is -2.17. The van der Waals surface area contributed by atoms with Crippen LogP contribution in [0, 0.1) is 0 Å². The van der Waals surface area contributed by atoms with Crippen molar-refractivity contribution in [2.24, 2.45) is 7.05 Å². The summed E-state index contributed by atoms with van der Waals surface area (Å²) < 4.78 is 12.9. The smallest absolute Gasteiger partial charge is 0.161 e. The van der Waals surface area contributed by atoms with Crippen molar-refractivity contribution in [3.8, 4) is 11.5 Å². The van der Waals surface area contributed by atoms with Crippen LogP contribution in [0.3, 0.4) is 0 Å². The molecule has 2 heterocycles. The fourth-order valence-corrected chi connectivity index (χ4v) is 2.09. The Balaban J connectivity index is 1.58. The first-order chi connectivity index (χ1) is 9.31. The van der Waals surface area contributed by atoms with E-state index in [1.54, 1.807) is 4.68 Å². The number of nitrogens with one attached hydrogen (secondary N) is 1. The van der Waals surface area contributed by atoms with Crippen LogP contribution < -0.4 is 14.8 Å². The quantitative estimate of drug-likeness (QED) is 0.903. The summed E-state index contributed by atoms with van der Waals surface area (Å²) in [4.78, 5) is 0. The van der Waals surface area contributed by atoms with Crippen LogP contribution in [-0.2, 0) is 20.1 Å². The van der Waals surface area contributed by atoms with Gasteiger partial charge in [0, 0.05) is 26.3 Å². The van der Waals surface area contributed by atoms with Crippen LogP contribution in [0.15, 0.2) is 30.5 Å². The van der Waals surface area contributed by atoms with Gasteiger partial charge in [0.2, 0.25) is 0 Å². The van der Waals surface area contributed by atoms with Gasteiger partial charge in [-0.1, -0.05) is 6.07 Å². The number of aryl methyl sites for hydroxylation is 1. The van der Waals surface area contributed by atoms with Crippen molar-refractivity contribution in [1.82, 2.24) is 15.1 Å². The minimum Gasteiger partial charge on any atom is -0.486 e. The molecule has 1 aliphatic heterocycles. The van der Waals surface area contributed by atoms with Crippen LogP contribution in [0.4, 0.5) is 0 Å². The number of ether oxygens (including phenoxy) is 2. The van der Waals surface area contributed by atoms with E-state index in [-0.39, 0.29) is 0 Å². The van der Waals surface area contributed by atoms with Gasteiger partial charge in [0.25, 0.3) is 0 Å². The summed E-state index contributed by atoms with van der Waals surface area (Å²) in [6.45, 7) is 2.80. The Hall–Kier alpha value is -2.01. The van der Waals surface area contributed by atoms with Crippen LogP contribution in [0.1, 0.15) is 11.3 Å². The Morgan fingerprint density at radius 1 is 1.16 bits per heavy atom. The van der Waals surface area contributed by atoms with Crippen molar-refractivity contribution in [1.29, 1.82) is 0 Å². The molecule has 5 heteroatoms. The first-order valence-corrected chi connectivity index (χ1v) is 6.39. The number of aromatic nitrogens is 2. The molecule has 1 aliphatic rings. The van der Waals surface area contributed by atoms with E-state index < -0.39 is 0 Å². The van der Waals surface area contributed by atoms with Gasteiger partial charge in [0.15, 0.2) is 11.5 Å². The van der Waals surface area contributed by atoms with Crippen molar-refractivity contribution < 1.29 is 9.47 Å². The summed E-state index contributed by atoms with van der Waals surface area (Å²) >= 11 is 0. The van der Waals surface area contributed by atoms with Gasteiger partial charge in [0.1, 0.15) is 13.2 Å². The van der Waals surface area contributed by atoms with E-state index in [9.17, 15) is 0 Å². The van der Waals surface area contributed by atoms with Gasteiger partial charge in [-0.25, -0.2) is 0 Å². The maximum Gasteiger partial charge on any atom is 0.161 e. The van der Waals surface area contributed by atoms with Crippen LogP contribution in [-0.4, -0.2) is 23.0 Å². The zero-order chi connectivity index (χ0) is 13.1. The third-order valence-electron chi connectivity index (χ3n) is 3.01. The Morgan fingerprint density at radius 3 is 2.79 bits per heavy atom. The second-order valence-corrected chi connectivity index (χ2v) is 4.56. The van der Waals surface area contributed by atoms with Crippen LogP contribution in [0.25, 0.3) is 0 Å². The topological polar surface area (TPSA) is 48.3 Å². The third-order valence-corrected chi connectivity index (χ3v) is 3.01. The summed E-state index contributed by atoms with van der Waals surface area (Å²) in [6.07, 6.45) is 1.95. The molecule has 5 nitrogen and oxygen atoms in total. The molecule has 2 aromatic rings. The Morgan fingerprint density at radius 2 is 2.00 bits per heavy atom. The zero-order valence-corrected chi connectivity index (χ0v) is 10.9. The average molecular weight is 259 g/mol. The fraction of sp³-hybridized carbons (Fsp3) is 0.357. The first-order valence-electron chi connectivity index (χ1n) is 6.39. The lowest BCUT2D eigenvalue weighted by atomic mass is 10.2. The average Bonchev–Trinajstić information content (AvgIpc) is 2.84. The van der Waals surface area contributed by atoms with E-state index in [0.717, 1.165) is 30.3 Å². The van der Waals surface area contributed by atoms with E-state index in [4.69, 9.17) is 9.47 Å². The molecule has 0 saturated carbocycles. The van der Waals surface area contributed by atoms with Gasteiger partial charge >= 0.3 is 0 Å². The predicted octanol–water partition coefficient (Wildman–Crippen LogP) is 1.48. The number of hydrogen-bond donors (Lipinski definition) is 1. The molecule has 1 aromatic heterocycles. The van der Waals surface area contributed by atoms with Gasteiger partial charge in [-0.15, -0.1) is 0 Å². The summed E-state index contributed by atoms with van der Waals surface area (Å²) in [5.41, 5.74) is 2.22. The van der Waals surface area contributed by atoms with Crippen LogP contribution in [0.5, 0.6) is 11.5 Å². The van der Waals surface area contributed by atoms with E-state index >= 15 is 0 Å². The molecule has 0 unspecified atom stereocenters. The fourth-order valence-electron chi connectivity index (χ4n) is 2.09. The molecule has 0 spiro atoms. The molecule has 0 bridgehead atoms. The molecule has 100 valence electrons. The molecular weight excluding hydrogens is 242 g/mol. The molecule has 0 amide bonds. The van der Waals surface area contributed by atoms with Crippen molar-refractivity contribution in [3.05, 3.63) is 41.7 Å². The Labute approximate surface area is 112 Å². The highest BCUT2D eigenvalue weighted by atomic mass is 16.6. The zero-order valence-electron chi connectivity index (χ0n) is 10.9. The summed E-state index contributed by atoms with van der Waals surface area (Å²) in [5, 5.41) is 7.69. The minimum atomic E-state index is 0.623.